The minimum Gasteiger partial charge on any atom is -0.383 e. The fourth-order valence-electron chi connectivity index (χ4n) is 2.87. The molecule has 2 rings (SSSR count). The van der Waals surface area contributed by atoms with Crippen LogP contribution in [0.15, 0.2) is 24.3 Å². The minimum atomic E-state index is -0.639. The molecule has 138 valence electrons. The number of piperidine rings is 1. The molecule has 7 heteroatoms. The van der Waals surface area contributed by atoms with E-state index in [1.54, 1.807) is 0 Å². The first-order valence-corrected chi connectivity index (χ1v) is 7.95. The Balaban J connectivity index is 0.00000264. The van der Waals surface area contributed by atoms with Crippen molar-refractivity contribution in [1.29, 1.82) is 0 Å². The number of nitrogens with zero attached hydrogens (tertiary/aromatic N) is 1. The number of nitrogens with two attached hydrogens (primary N) is 1. The normalized spacial score (nSPS) is 18.9. The van der Waals surface area contributed by atoms with Gasteiger partial charge in [-0.25, -0.2) is 0 Å². The summed E-state index contributed by atoms with van der Waals surface area (Å²) in [5.41, 5.74) is 7.74. The number of amides is 1. The first-order valence-electron chi connectivity index (χ1n) is 7.95. The zero-order valence-corrected chi connectivity index (χ0v) is 16.0. The van der Waals surface area contributed by atoms with Crippen molar-refractivity contribution in [1.82, 2.24) is 4.90 Å². The lowest BCUT2D eigenvalue weighted by atomic mass is 10.00. The van der Waals surface area contributed by atoms with Gasteiger partial charge in [0.2, 0.25) is 5.91 Å². The molecule has 1 aromatic rings. The molecule has 3 N–H and O–H groups in total. The van der Waals surface area contributed by atoms with E-state index in [0.717, 1.165) is 18.2 Å². The van der Waals surface area contributed by atoms with Gasteiger partial charge < -0.3 is 15.8 Å². The van der Waals surface area contributed by atoms with Gasteiger partial charge in [0.05, 0.1) is 6.61 Å². The number of methoxy groups -OCH3 is 1. The second kappa shape index (κ2) is 11.7. The summed E-state index contributed by atoms with van der Waals surface area (Å²) >= 11 is 0. The van der Waals surface area contributed by atoms with Crippen LogP contribution in [0, 0.1) is 5.92 Å². The Bertz CT molecular complexity index is 485. The minimum absolute atomic E-state index is 0. The Morgan fingerprint density at radius 1 is 1.38 bits per heavy atom. The molecule has 0 saturated carbocycles. The zero-order chi connectivity index (χ0) is 15.9. The number of anilines is 1. The number of hydrogen-bond donors (Lipinski definition) is 2. The van der Waals surface area contributed by atoms with Gasteiger partial charge in [-0.3, -0.25) is 9.69 Å². The highest BCUT2D eigenvalue weighted by molar-refractivity contribution is 5.94. The molecule has 24 heavy (non-hydrogen) atoms. The summed E-state index contributed by atoms with van der Waals surface area (Å²) in [5, 5.41) is 2.81. The Morgan fingerprint density at radius 2 is 2.04 bits per heavy atom. The summed E-state index contributed by atoms with van der Waals surface area (Å²) in [5.74, 6) is 0.564. The molecule has 0 bridgehead atoms. The van der Waals surface area contributed by atoms with Crippen molar-refractivity contribution in [2.75, 3.05) is 32.1 Å². The molecular formula is C17H29Cl2N3O2. The summed E-state index contributed by atoms with van der Waals surface area (Å²) in [6, 6.07) is 7.35. The average Bonchev–Trinajstić information content (AvgIpc) is 2.49. The lowest BCUT2D eigenvalue weighted by Gasteiger charge is -2.30. The van der Waals surface area contributed by atoms with Crippen molar-refractivity contribution in [3.8, 4) is 0 Å². The summed E-state index contributed by atoms with van der Waals surface area (Å²) in [6.45, 7) is 5.85. The van der Waals surface area contributed by atoms with E-state index < -0.39 is 6.04 Å². The molecule has 0 radical (unpaired) electrons. The van der Waals surface area contributed by atoms with Gasteiger partial charge in [0, 0.05) is 25.9 Å². The second-order valence-electron chi connectivity index (χ2n) is 6.23. The van der Waals surface area contributed by atoms with Crippen molar-refractivity contribution in [3.05, 3.63) is 29.8 Å². The van der Waals surface area contributed by atoms with Gasteiger partial charge in [-0.05, 0) is 43.0 Å². The van der Waals surface area contributed by atoms with Crippen LogP contribution in [0.5, 0.6) is 0 Å². The third-order valence-corrected chi connectivity index (χ3v) is 4.05. The van der Waals surface area contributed by atoms with Crippen LogP contribution >= 0.6 is 24.8 Å². The summed E-state index contributed by atoms with van der Waals surface area (Å²) in [7, 11) is 1.53. The largest absolute Gasteiger partial charge is 0.383 e. The van der Waals surface area contributed by atoms with Crippen molar-refractivity contribution < 1.29 is 9.53 Å². The van der Waals surface area contributed by atoms with Crippen molar-refractivity contribution >= 4 is 36.4 Å². The molecule has 1 amide bonds. The van der Waals surface area contributed by atoms with E-state index in [4.69, 9.17) is 10.5 Å². The Hall–Kier alpha value is -0.850. The molecule has 1 heterocycles. The quantitative estimate of drug-likeness (QED) is 0.799. The Labute approximate surface area is 157 Å². The van der Waals surface area contributed by atoms with E-state index >= 15 is 0 Å². The number of carbonyl (C=O) groups is 1. The average molecular weight is 378 g/mol. The van der Waals surface area contributed by atoms with Gasteiger partial charge in [0.15, 0.2) is 0 Å². The summed E-state index contributed by atoms with van der Waals surface area (Å²) in [6.07, 6.45) is 2.62. The van der Waals surface area contributed by atoms with E-state index in [2.05, 4.69) is 29.3 Å². The molecule has 0 spiro atoms. The maximum Gasteiger partial charge on any atom is 0.243 e. The summed E-state index contributed by atoms with van der Waals surface area (Å²) < 4.78 is 4.88. The van der Waals surface area contributed by atoms with Crippen LogP contribution in [-0.2, 0) is 16.1 Å². The number of nitrogens with one attached hydrogen (secondary N) is 1. The fraction of sp³-hybridized carbons (Fsp3) is 0.588. The van der Waals surface area contributed by atoms with Gasteiger partial charge >= 0.3 is 0 Å². The monoisotopic (exact) mass is 377 g/mol. The lowest BCUT2D eigenvalue weighted by molar-refractivity contribution is -0.118. The van der Waals surface area contributed by atoms with Crippen molar-refractivity contribution in [3.63, 3.8) is 0 Å². The van der Waals surface area contributed by atoms with Crippen LogP contribution in [0.4, 0.5) is 5.69 Å². The lowest BCUT2D eigenvalue weighted by Crippen LogP contribution is -2.39. The zero-order valence-electron chi connectivity index (χ0n) is 14.4. The van der Waals surface area contributed by atoms with Gasteiger partial charge in [-0.2, -0.15) is 0 Å². The second-order valence-corrected chi connectivity index (χ2v) is 6.23. The van der Waals surface area contributed by atoms with Gasteiger partial charge in [-0.1, -0.05) is 19.1 Å². The number of hydrogen-bond acceptors (Lipinski definition) is 4. The number of halogens is 2. The number of likely N-dealkylation sites (tertiary alicyclic amines) is 1. The molecule has 0 aliphatic carbocycles. The Morgan fingerprint density at radius 3 is 2.62 bits per heavy atom. The molecule has 1 aliphatic heterocycles. The van der Waals surface area contributed by atoms with Crippen molar-refractivity contribution in [2.24, 2.45) is 11.7 Å². The SMILES string of the molecule is COCC(N)C(=O)Nc1ccc(CN2CCCC(C)C2)cc1.Cl.Cl. The van der Waals surface area contributed by atoms with Crippen molar-refractivity contribution in [2.45, 2.75) is 32.4 Å². The highest BCUT2D eigenvalue weighted by Crippen LogP contribution is 2.18. The van der Waals surface area contributed by atoms with E-state index in [1.165, 1.54) is 38.6 Å². The van der Waals surface area contributed by atoms with Crippen LogP contribution < -0.4 is 11.1 Å². The molecule has 1 aliphatic rings. The number of ether oxygens (including phenoxy) is 1. The molecule has 1 aromatic carbocycles. The van der Waals surface area contributed by atoms with E-state index in [-0.39, 0.29) is 37.3 Å². The third kappa shape index (κ3) is 7.36. The standard InChI is InChI=1S/C17H27N3O2.2ClH/c1-13-4-3-9-20(10-13)11-14-5-7-15(8-6-14)19-17(21)16(18)12-22-2;;/h5-8,13,16H,3-4,9-12,18H2,1-2H3,(H,19,21);2*1H. The molecule has 2 unspecified atom stereocenters. The Kier molecular flexibility index (Phi) is 11.2. The van der Waals surface area contributed by atoms with Crippen LogP contribution in [0.3, 0.4) is 0 Å². The van der Waals surface area contributed by atoms with Crippen LogP contribution in [0.1, 0.15) is 25.3 Å². The highest BCUT2D eigenvalue weighted by atomic mass is 35.5. The predicted octanol–water partition coefficient (Wildman–Crippen LogP) is 2.67. The van der Waals surface area contributed by atoms with Gasteiger partial charge in [-0.15, -0.1) is 24.8 Å². The number of carbonyl (C=O) groups excluding carboxylic acids is 1. The van der Waals surface area contributed by atoms with Crippen LogP contribution in [0.2, 0.25) is 0 Å². The predicted molar refractivity (Wildman–Crippen MR) is 103 cm³/mol. The maximum absolute atomic E-state index is 11.8. The highest BCUT2D eigenvalue weighted by Gasteiger charge is 2.16. The van der Waals surface area contributed by atoms with Crippen LogP contribution in [0.25, 0.3) is 0 Å². The number of rotatable bonds is 6. The molecule has 0 aromatic heterocycles. The third-order valence-electron chi connectivity index (χ3n) is 4.05. The topological polar surface area (TPSA) is 67.6 Å². The van der Waals surface area contributed by atoms with E-state index in [9.17, 15) is 4.79 Å². The maximum atomic E-state index is 11.8. The molecule has 1 fully saturated rings. The van der Waals surface area contributed by atoms with E-state index in [0.29, 0.717) is 0 Å². The van der Waals surface area contributed by atoms with E-state index in [1.807, 2.05) is 12.1 Å². The van der Waals surface area contributed by atoms with Gasteiger partial charge in [0.25, 0.3) is 0 Å². The molecular weight excluding hydrogens is 349 g/mol. The first kappa shape index (κ1) is 23.1. The molecule has 2 atom stereocenters. The van der Waals surface area contributed by atoms with Crippen LogP contribution in [-0.4, -0.2) is 43.7 Å². The summed E-state index contributed by atoms with van der Waals surface area (Å²) in [4.78, 5) is 14.3. The smallest absolute Gasteiger partial charge is 0.243 e. The molecule has 1 saturated heterocycles. The first-order chi connectivity index (χ1) is 10.6. The fourth-order valence-corrected chi connectivity index (χ4v) is 2.87. The van der Waals surface area contributed by atoms with Gasteiger partial charge in [0.1, 0.15) is 6.04 Å². The number of benzene rings is 1. The molecule has 5 nitrogen and oxygen atoms in total.